The molecular formula is C15H19F2NOS. The number of carbonyl (C=O) groups excluding carboxylic acids is 1. The number of thioether (sulfide) groups is 1. The molecule has 0 spiro atoms. The Labute approximate surface area is 122 Å². The zero-order valence-electron chi connectivity index (χ0n) is 11.5. The molecule has 2 nitrogen and oxygen atoms in total. The summed E-state index contributed by atoms with van der Waals surface area (Å²) in [6, 6.07) is 3.67. The lowest BCUT2D eigenvalue weighted by atomic mass is 9.95. The van der Waals surface area contributed by atoms with Gasteiger partial charge in [-0.25, -0.2) is 8.78 Å². The van der Waals surface area contributed by atoms with E-state index in [2.05, 4.69) is 5.32 Å². The van der Waals surface area contributed by atoms with Crippen molar-refractivity contribution in [3.63, 3.8) is 0 Å². The monoisotopic (exact) mass is 299 g/mol. The third kappa shape index (κ3) is 4.20. The van der Waals surface area contributed by atoms with Crippen LogP contribution < -0.4 is 5.32 Å². The van der Waals surface area contributed by atoms with Crippen molar-refractivity contribution in [3.8, 4) is 0 Å². The fraction of sp³-hybridized carbons (Fsp3) is 0.533. The number of nitrogens with one attached hydrogen (secondary N) is 1. The van der Waals surface area contributed by atoms with Crippen molar-refractivity contribution in [2.24, 2.45) is 0 Å². The highest BCUT2D eigenvalue weighted by molar-refractivity contribution is 8.00. The molecule has 0 aromatic heterocycles. The average Bonchev–Trinajstić information content (AvgIpc) is 2.43. The highest BCUT2D eigenvalue weighted by Crippen LogP contribution is 2.27. The maximum Gasteiger partial charge on any atom is 0.233 e. The molecule has 1 amide bonds. The van der Waals surface area contributed by atoms with Gasteiger partial charge in [0.05, 0.1) is 5.25 Å². The summed E-state index contributed by atoms with van der Waals surface area (Å²) in [6.07, 6.45) is 5.58. The third-order valence-electron chi connectivity index (χ3n) is 3.52. The van der Waals surface area contributed by atoms with Crippen molar-refractivity contribution in [3.05, 3.63) is 29.8 Å². The zero-order valence-corrected chi connectivity index (χ0v) is 12.3. The summed E-state index contributed by atoms with van der Waals surface area (Å²) in [4.78, 5) is 12.4. The summed E-state index contributed by atoms with van der Waals surface area (Å²) in [5.41, 5.74) is 0. The van der Waals surface area contributed by atoms with Gasteiger partial charge in [-0.2, -0.15) is 0 Å². The third-order valence-corrected chi connectivity index (χ3v) is 4.67. The molecule has 1 N–H and O–H groups in total. The Kier molecular flexibility index (Phi) is 5.40. The Hall–Kier alpha value is -1.10. The summed E-state index contributed by atoms with van der Waals surface area (Å²) < 4.78 is 26.4. The standard InChI is InChI=1S/C15H19F2NOS/c1-10(15(19)18-12-5-3-2-4-6-12)20-14-8-7-11(16)9-13(14)17/h7-10,12H,2-6H2,1H3,(H,18,19)/t10-/m1/s1. The van der Waals surface area contributed by atoms with E-state index in [0.717, 1.165) is 43.5 Å². The van der Waals surface area contributed by atoms with E-state index < -0.39 is 16.9 Å². The molecule has 20 heavy (non-hydrogen) atoms. The molecule has 0 bridgehead atoms. The van der Waals surface area contributed by atoms with E-state index in [1.54, 1.807) is 6.92 Å². The Morgan fingerprint density at radius 1 is 1.30 bits per heavy atom. The Morgan fingerprint density at radius 3 is 2.65 bits per heavy atom. The maximum absolute atomic E-state index is 13.5. The van der Waals surface area contributed by atoms with Gasteiger partial charge in [-0.05, 0) is 31.9 Å². The van der Waals surface area contributed by atoms with Gasteiger partial charge < -0.3 is 5.32 Å². The first-order valence-corrected chi connectivity index (χ1v) is 7.86. The summed E-state index contributed by atoms with van der Waals surface area (Å²) in [5, 5.41) is 2.62. The molecule has 1 aromatic carbocycles. The molecule has 5 heteroatoms. The van der Waals surface area contributed by atoms with Crippen LogP contribution in [0.4, 0.5) is 8.78 Å². The number of halogens is 2. The largest absolute Gasteiger partial charge is 0.352 e. The van der Waals surface area contributed by atoms with Crippen LogP contribution in [0, 0.1) is 11.6 Å². The van der Waals surface area contributed by atoms with Crippen LogP contribution in [0.1, 0.15) is 39.0 Å². The number of hydrogen-bond acceptors (Lipinski definition) is 2. The molecule has 1 fully saturated rings. The first-order chi connectivity index (χ1) is 9.56. The SMILES string of the molecule is C[C@@H](Sc1ccc(F)cc1F)C(=O)NC1CCCCC1. The van der Waals surface area contributed by atoms with Crippen molar-refractivity contribution in [1.29, 1.82) is 0 Å². The fourth-order valence-electron chi connectivity index (χ4n) is 2.38. The fourth-order valence-corrected chi connectivity index (χ4v) is 3.25. The van der Waals surface area contributed by atoms with Crippen LogP contribution >= 0.6 is 11.8 Å². The number of carbonyl (C=O) groups is 1. The normalized spacial score (nSPS) is 17.8. The van der Waals surface area contributed by atoms with Gasteiger partial charge in [-0.3, -0.25) is 4.79 Å². The van der Waals surface area contributed by atoms with E-state index in [4.69, 9.17) is 0 Å². The van der Waals surface area contributed by atoms with Gasteiger partial charge in [-0.15, -0.1) is 11.8 Å². The molecule has 1 aromatic rings. The summed E-state index contributed by atoms with van der Waals surface area (Å²) in [5.74, 6) is -1.30. The second-order valence-electron chi connectivity index (χ2n) is 5.18. The van der Waals surface area contributed by atoms with Crippen LogP contribution in [0.2, 0.25) is 0 Å². The van der Waals surface area contributed by atoms with Crippen LogP contribution in [0.5, 0.6) is 0 Å². The van der Waals surface area contributed by atoms with Crippen LogP contribution in [0.3, 0.4) is 0 Å². The number of benzene rings is 1. The van der Waals surface area contributed by atoms with Crippen LogP contribution in [-0.2, 0) is 4.79 Å². The van der Waals surface area contributed by atoms with Crippen LogP contribution in [-0.4, -0.2) is 17.2 Å². The van der Waals surface area contributed by atoms with Crippen molar-refractivity contribution in [1.82, 2.24) is 5.32 Å². The van der Waals surface area contributed by atoms with E-state index in [1.807, 2.05) is 0 Å². The van der Waals surface area contributed by atoms with E-state index >= 15 is 0 Å². The lowest BCUT2D eigenvalue weighted by molar-refractivity contribution is -0.121. The van der Waals surface area contributed by atoms with Crippen molar-refractivity contribution >= 4 is 17.7 Å². The van der Waals surface area contributed by atoms with Gasteiger partial charge in [0.15, 0.2) is 0 Å². The quantitative estimate of drug-likeness (QED) is 0.855. The molecule has 1 atom stereocenters. The molecule has 0 unspecified atom stereocenters. The second-order valence-corrected chi connectivity index (χ2v) is 6.56. The van der Waals surface area contributed by atoms with Gasteiger partial charge in [0.1, 0.15) is 11.6 Å². The Bertz CT molecular complexity index is 475. The number of hydrogen-bond donors (Lipinski definition) is 1. The molecule has 0 aliphatic heterocycles. The molecule has 0 heterocycles. The second kappa shape index (κ2) is 7.07. The molecule has 1 aliphatic rings. The zero-order chi connectivity index (χ0) is 14.5. The molecule has 110 valence electrons. The van der Waals surface area contributed by atoms with Crippen LogP contribution in [0.15, 0.2) is 23.1 Å². The number of amides is 1. The average molecular weight is 299 g/mol. The molecule has 2 rings (SSSR count). The minimum atomic E-state index is -0.618. The van der Waals surface area contributed by atoms with Crippen LogP contribution in [0.25, 0.3) is 0 Å². The van der Waals surface area contributed by atoms with Gasteiger partial charge in [0.25, 0.3) is 0 Å². The minimum absolute atomic E-state index is 0.0781. The predicted octanol–water partition coefficient (Wildman–Crippen LogP) is 3.89. The minimum Gasteiger partial charge on any atom is -0.352 e. The van der Waals surface area contributed by atoms with E-state index in [1.165, 1.54) is 18.6 Å². The van der Waals surface area contributed by atoms with Crippen molar-refractivity contribution in [2.75, 3.05) is 0 Å². The van der Waals surface area contributed by atoms with Crippen molar-refractivity contribution in [2.45, 2.75) is 55.2 Å². The highest BCUT2D eigenvalue weighted by Gasteiger charge is 2.21. The van der Waals surface area contributed by atoms with Crippen molar-refractivity contribution < 1.29 is 13.6 Å². The maximum atomic E-state index is 13.5. The molecule has 1 aliphatic carbocycles. The van der Waals surface area contributed by atoms with E-state index in [-0.39, 0.29) is 11.9 Å². The molecule has 1 saturated carbocycles. The smallest absolute Gasteiger partial charge is 0.233 e. The summed E-state index contributed by atoms with van der Waals surface area (Å²) in [6.45, 7) is 1.74. The summed E-state index contributed by atoms with van der Waals surface area (Å²) in [7, 11) is 0. The molecular weight excluding hydrogens is 280 g/mol. The van der Waals surface area contributed by atoms with Gasteiger partial charge in [0.2, 0.25) is 5.91 Å². The highest BCUT2D eigenvalue weighted by atomic mass is 32.2. The lowest BCUT2D eigenvalue weighted by Crippen LogP contribution is -2.40. The predicted molar refractivity (Wildman–Crippen MR) is 76.7 cm³/mol. The van der Waals surface area contributed by atoms with Gasteiger partial charge in [0, 0.05) is 17.0 Å². The lowest BCUT2D eigenvalue weighted by Gasteiger charge is -2.24. The molecule has 0 saturated heterocycles. The first kappa shape index (κ1) is 15.3. The number of rotatable bonds is 4. The Balaban J connectivity index is 1.89. The topological polar surface area (TPSA) is 29.1 Å². The van der Waals surface area contributed by atoms with Gasteiger partial charge in [-0.1, -0.05) is 19.3 Å². The Morgan fingerprint density at radius 2 is 2.00 bits per heavy atom. The van der Waals surface area contributed by atoms with E-state index in [0.29, 0.717) is 4.90 Å². The summed E-state index contributed by atoms with van der Waals surface area (Å²) >= 11 is 1.12. The van der Waals surface area contributed by atoms with E-state index in [9.17, 15) is 13.6 Å². The first-order valence-electron chi connectivity index (χ1n) is 6.98. The van der Waals surface area contributed by atoms with Gasteiger partial charge >= 0.3 is 0 Å². The molecule has 0 radical (unpaired) electrons.